The maximum absolute atomic E-state index is 12.4. The summed E-state index contributed by atoms with van der Waals surface area (Å²) in [7, 11) is 0. The molecule has 4 nitrogen and oxygen atoms in total. The lowest BCUT2D eigenvalue weighted by Crippen LogP contribution is -2.49. The minimum atomic E-state index is 0.213. The number of hydrogen-bond acceptors (Lipinski definition) is 3. The summed E-state index contributed by atoms with van der Waals surface area (Å²) < 4.78 is 0. The third kappa shape index (κ3) is 4.96. The second kappa shape index (κ2) is 8.14. The van der Waals surface area contributed by atoms with E-state index < -0.39 is 0 Å². The molecule has 2 fully saturated rings. The van der Waals surface area contributed by atoms with Crippen molar-refractivity contribution < 1.29 is 4.79 Å². The molecule has 2 aliphatic carbocycles. The van der Waals surface area contributed by atoms with E-state index >= 15 is 0 Å². The van der Waals surface area contributed by atoms with E-state index in [0.717, 1.165) is 38.6 Å². The van der Waals surface area contributed by atoms with Gasteiger partial charge < -0.3 is 11.1 Å². The highest BCUT2D eigenvalue weighted by Gasteiger charge is 2.27. The first kappa shape index (κ1) is 16.8. The zero-order valence-electron chi connectivity index (χ0n) is 13.8. The average molecular weight is 295 g/mol. The Labute approximate surface area is 129 Å². The summed E-state index contributed by atoms with van der Waals surface area (Å²) in [4.78, 5) is 14.7. The summed E-state index contributed by atoms with van der Waals surface area (Å²) in [5, 5.41) is 3.28. The molecule has 0 spiro atoms. The van der Waals surface area contributed by atoms with Crippen LogP contribution >= 0.6 is 0 Å². The largest absolute Gasteiger partial charge is 0.352 e. The van der Waals surface area contributed by atoms with Gasteiger partial charge in [-0.1, -0.05) is 26.7 Å². The summed E-state index contributed by atoms with van der Waals surface area (Å²) in [6.45, 7) is 5.93. The molecule has 2 rings (SSSR count). The Hall–Kier alpha value is -0.610. The second-order valence-corrected chi connectivity index (χ2v) is 7.07. The van der Waals surface area contributed by atoms with Gasteiger partial charge in [-0.25, -0.2) is 0 Å². The molecule has 2 aliphatic rings. The first-order valence-corrected chi connectivity index (χ1v) is 8.89. The molecule has 0 aromatic carbocycles. The lowest BCUT2D eigenvalue weighted by atomic mass is 9.86. The Morgan fingerprint density at radius 3 is 2.43 bits per heavy atom. The highest BCUT2D eigenvalue weighted by molar-refractivity contribution is 5.78. The Balaban J connectivity index is 1.79. The third-order valence-electron chi connectivity index (χ3n) is 5.47. The minimum Gasteiger partial charge on any atom is -0.352 e. The Kier molecular flexibility index (Phi) is 6.49. The van der Waals surface area contributed by atoms with Crippen molar-refractivity contribution in [2.75, 3.05) is 13.1 Å². The maximum atomic E-state index is 12.4. The van der Waals surface area contributed by atoms with Gasteiger partial charge in [-0.05, 0) is 51.0 Å². The molecular weight excluding hydrogens is 262 g/mol. The number of likely N-dealkylation sites (N-methyl/N-ethyl adjacent to an activating group) is 1. The maximum Gasteiger partial charge on any atom is 0.234 e. The fraction of sp³-hybridized carbons (Fsp3) is 0.941. The molecule has 1 amide bonds. The molecule has 3 N–H and O–H groups in total. The van der Waals surface area contributed by atoms with Gasteiger partial charge in [0.25, 0.3) is 0 Å². The van der Waals surface area contributed by atoms with Crippen LogP contribution in [-0.2, 0) is 4.79 Å². The molecular formula is C17H33N3O. The average Bonchev–Trinajstić information content (AvgIpc) is 2.48. The van der Waals surface area contributed by atoms with E-state index in [1.807, 2.05) is 0 Å². The fourth-order valence-corrected chi connectivity index (χ4v) is 3.93. The number of nitrogens with two attached hydrogens (primary N) is 1. The van der Waals surface area contributed by atoms with Gasteiger partial charge in [0.05, 0.1) is 6.54 Å². The summed E-state index contributed by atoms with van der Waals surface area (Å²) >= 11 is 0. The van der Waals surface area contributed by atoms with Crippen LogP contribution < -0.4 is 11.1 Å². The molecule has 0 radical (unpaired) electrons. The van der Waals surface area contributed by atoms with Crippen molar-refractivity contribution in [1.29, 1.82) is 0 Å². The number of carbonyl (C=O) groups is 1. The molecule has 0 bridgehead atoms. The molecule has 0 heterocycles. The summed E-state index contributed by atoms with van der Waals surface area (Å²) in [5.74, 6) is 0.843. The van der Waals surface area contributed by atoms with Gasteiger partial charge in [-0.3, -0.25) is 9.69 Å². The van der Waals surface area contributed by atoms with E-state index in [-0.39, 0.29) is 5.91 Å². The minimum absolute atomic E-state index is 0.213. The number of hydrogen-bond donors (Lipinski definition) is 2. The molecule has 2 unspecified atom stereocenters. The van der Waals surface area contributed by atoms with Gasteiger partial charge in [0.1, 0.15) is 0 Å². The van der Waals surface area contributed by atoms with Crippen LogP contribution in [0.3, 0.4) is 0 Å². The van der Waals surface area contributed by atoms with Crippen molar-refractivity contribution in [2.45, 2.75) is 83.3 Å². The highest BCUT2D eigenvalue weighted by Crippen LogP contribution is 2.24. The van der Waals surface area contributed by atoms with Crippen molar-refractivity contribution in [2.24, 2.45) is 11.7 Å². The summed E-state index contributed by atoms with van der Waals surface area (Å²) in [6, 6.07) is 1.31. The smallest absolute Gasteiger partial charge is 0.234 e. The molecule has 4 heteroatoms. The van der Waals surface area contributed by atoms with E-state index in [2.05, 4.69) is 24.1 Å². The third-order valence-corrected chi connectivity index (χ3v) is 5.47. The van der Waals surface area contributed by atoms with E-state index in [1.54, 1.807) is 0 Å². The number of amides is 1. The van der Waals surface area contributed by atoms with Gasteiger partial charge in [0.2, 0.25) is 5.91 Å². The summed E-state index contributed by atoms with van der Waals surface area (Å²) in [6.07, 6.45) is 9.46. The molecule has 2 atom stereocenters. The van der Waals surface area contributed by atoms with Gasteiger partial charge >= 0.3 is 0 Å². The topological polar surface area (TPSA) is 58.4 Å². The zero-order valence-corrected chi connectivity index (χ0v) is 13.8. The zero-order chi connectivity index (χ0) is 15.2. The summed E-state index contributed by atoms with van der Waals surface area (Å²) in [5.41, 5.74) is 5.98. The van der Waals surface area contributed by atoms with Crippen molar-refractivity contribution in [1.82, 2.24) is 10.2 Å². The first-order chi connectivity index (χ1) is 10.1. The highest BCUT2D eigenvalue weighted by atomic mass is 16.2. The van der Waals surface area contributed by atoms with Crippen LogP contribution in [0.15, 0.2) is 0 Å². The van der Waals surface area contributed by atoms with Crippen molar-refractivity contribution in [3.05, 3.63) is 0 Å². The van der Waals surface area contributed by atoms with Gasteiger partial charge in [-0.15, -0.1) is 0 Å². The number of carbonyl (C=O) groups excluding carboxylic acids is 1. The van der Waals surface area contributed by atoms with Crippen LogP contribution in [-0.4, -0.2) is 42.0 Å². The van der Waals surface area contributed by atoms with E-state index in [4.69, 9.17) is 5.73 Å². The molecule has 21 heavy (non-hydrogen) atoms. The SMILES string of the molecule is CCN(CC(=O)NC1CCCCC1C)C1CCC(N)CC1. The molecule has 122 valence electrons. The quantitative estimate of drug-likeness (QED) is 0.818. The van der Waals surface area contributed by atoms with Crippen LogP contribution in [0.4, 0.5) is 0 Å². The Morgan fingerprint density at radius 1 is 1.14 bits per heavy atom. The molecule has 0 saturated heterocycles. The van der Waals surface area contributed by atoms with Crippen LogP contribution in [0.5, 0.6) is 0 Å². The van der Waals surface area contributed by atoms with Gasteiger partial charge in [0, 0.05) is 18.1 Å². The number of rotatable bonds is 5. The number of nitrogens with zero attached hydrogens (tertiary/aromatic N) is 1. The predicted molar refractivity (Wildman–Crippen MR) is 87.0 cm³/mol. The van der Waals surface area contributed by atoms with Crippen LogP contribution in [0, 0.1) is 5.92 Å². The van der Waals surface area contributed by atoms with E-state index in [0.29, 0.717) is 30.6 Å². The van der Waals surface area contributed by atoms with Crippen molar-refractivity contribution >= 4 is 5.91 Å². The fourth-order valence-electron chi connectivity index (χ4n) is 3.93. The first-order valence-electron chi connectivity index (χ1n) is 8.89. The molecule has 2 saturated carbocycles. The molecule has 0 aliphatic heterocycles. The predicted octanol–water partition coefficient (Wildman–Crippen LogP) is 2.27. The lowest BCUT2D eigenvalue weighted by molar-refractivity contribution is -0.124. The second-order valence-electron chi connectivity index (χ2n) is 7.07. The molecule has 0 aromatic rings. The monoisotopic (exact) mass is 295 g/mol. The van der Waals surface area contributed by atoms with Crippen LogP contribution in [0.2, 0.25) is 0 Å². The lowest BCUT2D eigenvalue weighted by Gasteiger charge is -2.36. The normalized spacial score (nSPS) is 33.9. The van der Waals surface area contributed by atoms with Crippen molar-refractivity contribution in [3.63, 3.8) is 0 Å². The van der Waals surface area contributed by atoms with Gasteiger partial charge in [-0.2, -0.15) is 0 Å². The van der Waals surface area contributed by atoms with E-state index in [1.165, 1.54) is 19.3 Å². The van der Waals surface area contributed by atoms with Crippen molar-refractivity contribution in [3.8, 4) is 0 Å². The standard InChI is InChI=1S/C17H33N3O/c1-3-20(15-10-8-14(18)9-11-15)12-17(21)19-16-7-5-4-6-13(16)2/h13-16H,3-12,18H2,1-2H3,(H,19,21). The Morgan fingerprint density at radius 2 is 1.81 bits per heavy atom. The molecule has 0 aromatic heterocycles. The Bertz CT molecular complexity index is 326. The van der Waals surface area contributed by atoms with Crippen LogP contribution in [0.25, 0.3) is 0 Å². The van der Waals surface area contributed by atoms with E-state index in [9.17, 15) is 4.79 Å². The van der Waals surface area contributed by atoms with Crippen LogP contribution in [0.1, 0.15) is 65.2 Å². The van der Waals surface area contributed by atoms with Gasteiger partial charge in [0.15, 0.2) is 0 Å². The number of nitrogens with one attached hydrogen (secondary N) is 1.